The summed E-state index contributed by atoms with van der Waals surface area (Å²) >= 11 is 6.44. The molecule has 0 spiro atoms. The molecule has 0 fully saturated rings. The Morgan fingerprint density at radius 2 is 1.94 bits per heavy atom. The lowest BCUT2D eigenvalue weighted by Crippen LogP contribution is -2.43. The van der Waals surface area contributed by atoms with Crippen molar-refractivity contribution < 1.29 is 14.3 Å². The Morgan fingerprint density at radius 1 is 1.11 bits per heavy atom. The molecule has 4 rings (SSSR count). The minimum absolute atomic E-state index is 0.0955. The van der Waals surface area contributed by atoms with E-state index in [-0.39, 0.29) is 18.1 Å². The van der Waals surface area contributed by atoms with Crippen molar-refractivity contribution in [3.63, 3.8) is 0 Å². The smallest absolute Gasteiger partial charge is 0.258 e. The normalized spacial score (nSPS) is 11.3. The van der Waals surface area contributed by atoms with E-state index in [9.17, 15) is 4.79 Å². The van der Waals surface area contributed by atoms with Crippen molar-refractivity contribution in [3.8, 4) is 22.9 Å². The fourth-order valence-electron chi connectivity index (χ4n) is 3.40. The second kappa shape index (κ2) is 10.2. The van der Waals surface area contributed by atoms with Crippen LogP contribution in [-0.2, 0) is 4.79 Å². The van der Waals surface area contributed by atoms with Crippen molar-refractivity contribution >= 4 is 40.0 Å². The van der Waals surface area contributed by atoms with Gasteiger partial charge < -0.3 is 20.1 Å². The van der Waals surface area contributed by atoms with Crippen LogP contribution in [0.4, 0.5) is 11.6 Å². The highest BCUT2D eigenvalue weighted by atomic mass is 35.5. The Balaban J connectivity index is 1.69. The molecule has 10 heteroatoms. The molecule has 4 aromatic rings. The van der Waals surface area contributed by atoms with E-state index in [2.05, 4.69) is 20.8 Å². The first-order valence-corrected chi connectivity index (χ1v) is 11.5. The number of fused-ring (bicyclic) bond motifs is 1. The fourth-order valence-corrected chi connectivity index (χ4v) is 3.61. The number of nitrogens with zero attached hydrogens (tertiary/aromatic N) is 3. The molecular formula is C25H27ClN6O3. The first kappa shape index (κ1) is 24.3. The van der Waals surface area contributed by atoms with E-state index in [0.29, 0.717) is 46.1 Å². The zero-order chi connectivity index (χ0) is 25.0. The maximum atomic E-state index is 12.1. The first-order chi connectivity index (χ1) is 16.7. The van der Waals surface area contributed by atoms with Crippen LogP contribution in [0.1, 0.15) is 27.7 Å². The SMILES string of the molecule is CCOc1cc2c(Nc3ccn[nH]3)nc(-c3cccc(OCC(=O)NC(C)(C)C)c3)nc2cc1Cl. The Hall–Kier alpha value is -3.85. The maximum absolute atomic E-state index is 12.1. The second-order valence-electron chi connectivity index (χ2n) is 8.84. The van der Waals surface area contributed by atoms with Gasteiger partial charge in [0, 0.05) is 22.6 Å². The van der Waals surface area contributed by atoms with Crippen molar-refractivity contribution in [3.05, 3.63) is 53.7 Å². The minimum atomic E-state index is -0.331. The number of nitrogens with one attached hydrogen (secondary N) is 3. The first-order valence-electron chi connectivity index (χ1n) is 11.2. The molecule has 0 saturated heterocycles. The quantitative estimate of drug-likeness (QED) is 0.312. The van der Waals surface area contributed by atoms with Crippen LogP contribution in [0.5, 0.6) is 11.5 Å². The Kier molecular flexibility index (Phi) is 7.07. The number of rotatable bonds is 8. The zero-order valence-corrected chi connectivity index (χ0v) is 20.7. The highest BCUT2D eigenvalue weighted by molar-refractivity contribution is 6.33. The predicted molar refractivity (Wildman–Crippen MR) is 136 cm³/mol. The number of carbonyl (C=O) groups is 1. The topological polar surface area (TPSA) is 114 Å². The molecule has 0 aliphatic heterocycles. The Labute approximate surface area is 208 Å². The molecule has 2 aromatic carbocycles. The third-order valence-corrected chi connectivity index (χ3v) is 5.07. The van der Waals surface area contributed by atoms with Gasteiger partial charge in [0.1, 0.15) is 23.1 Å². The summed E-state index contributed by atoms with van der Waals surface area (Å²) < 4.78 is 11.4. The predicted octanol–water partition coefficient (Wildman–Crippen LogP) is 5.11. The standard InChI is InChI=1S/C25H27ClN6O3/c1-5-34-20-12-17-19(13-18(20)26)28-23(30-24(17)29-21-9-10-27-32-21)15-7-6-8-16(11-15)35-14-22(33)31-25(2,3)4/h6-13H,5,14H2,1-4H3,(H,31,33)(H2,27,28,29,30,32). The highest BCUT2D eigenvalue weighted by Crippen LogP contribution is 2.35. The number of hydrogen-bond donors (Lipinski definition) is 3. The van der Waals surface area contributed by atoms with Gasteiger partial charge in [0.2, 0.25) is 0 Å². The molecule has 35 heavy (non-hydrogen) atoms. The lowest BCUT2D eigenvalue weighted by Gasteiger charge is -2.20. The van der Waals surface area contributed by atoms with Gasteiger partial charge >= 0.3 is 0 Å². The van der Waals surface area contributed by atoms with E-state index in [0.717, 1.165) is 10.9 Å². The van der Waals surface area contributed by atoms with Gasteiger partial charge in [-0.2, -0.15) is 5.10 Å². The number of anilines is 2. The molecule has 0 aliphatic rings. The summed E-state index contributed by atoms with van der Waals surface area (Å²) in [7, 11) is 0. The number of amides is 1. The van der Waals surface area contributed by atoms with Gasteiger partial charge in [-0.15, -0.1) is 0 Å². The molecule has 0 radical (unpaired) electrons. The average molecular weight is 495 g/mol. The van der Waals surface area contributed by atoms with Gasteiger partial charge in [0.25, 0.3) is 5.91 Å². The molecule has 1 amide bonds. The number of aromatic nitrogens is 4. The molecule has 0 bridgehead atoms. The van der Waals surface area contributed by atoms with E-state index in [1.165, 1.54) is 0 Å². The summed E-state index contributed by atoms with van der Waals surface area (Å²) in [5, 5.41) is 14.2. The van der Waals surface area contributed by atoms with Crippen molar-refractivity contribution in [2.45, 2.75) is 33.2 Å². The molecule has 2 aromatic heterocycles. The molecule has 0 saturated carbocycles. The average Bonchev–Trinajstić information content (AvgIpc) is 3.31. The number of carbonyl (C=O) groups excluding carboxylic acids is 1. The van der Waals surface area contributed by atoms with E-state index in [1.54, 1.807) is 30.5 Å². The molecule has 2 heterocycles. The second-order valence-corrected chi connectivity index (χ2v) is 9.25. The lowest BCUT2D eigenvalue weighted by molar-refractivity contribution is -0.124. The van der Waals surface area contributed by atoms with E-state index in [4.69, 9.17) is 31.0 Å². The molecule has 0 aliphatic carbocycles. The van der Waals surface area contributed by atoms with Crippen molar-refractivity contribution in [1.29, 1.82) is 0 Å². The fraction of sp³-hybridized carbons (Fsp3) is 0.280. The molecule has 0 atom stereocenters. The van der Waals surface area contributed by atoms with Crippen LogP contribution in [0.2, 0.25) is 5.02 Å². The van der Waals surface area contributed by atoms with Gasteiger partial charge in [0.15, 0.2) is 12.4 Å². The van der Waals surface area contributed by atoms with E-state index in [1.807, 2.05) is 45.9 Å². The molecule has 3 N–H and O–H groups in total. The Morgan fingerprint density at radius 3 is 2.66 bits per heavy atom. The maximum Gasteiger partial charge on any atom is 0.258 e. The van der Waals surface area contributed by atoms with Gasteiger partial charge in [-0.25, -0.2) is 9.97 Å². The van der Waals surface area contributed by atoms with Gasteiger partial charge in [-0.1, -0.05) is 23.7 Å². The van der Waals surface area contributed by atoms with Crippen LogP contribution in [0.3, 0.4) is 0 Å². The van der Waals surface area contributed by atoms with Crippen molar-refractivity contribution in [2.75, 3.05) is 18.5 Å². The lowest BCUT2D eigenvalue weighted by atomic mass is 10.1. The molecule has 9 nitrogen and oxygen atoms in total. The summed E-state index contributed by atoms with van der Waals surface area (Å²) in [5.41, 5.74) is 1.03. The van der Waals surface area contributed by atoms with Gasteiger partial charge in [-0.3, -0.25) is 9.89 Å². The molecule has 182 valence electrons. The van der Waals surface area contributed by atoms with Crippen LogP contribution >= 0.6 is 11.6 Å². The third-order valence-electron chi connectivity index (χ3n) is 4.78. The van der Waals surface area contributed by atoms with E-state index >= 15 is 0 Å². The summed E-state index contributed by atoms with van der Waals surface area (Å²) in [6.07, 6.45) is 1.64. The van der Waals surface area contributed by atoms with Crippen molar-refractivity contribution in [1.82, 2.24) is 25.5 Å². The van der Waals surface area contributed by atoms with Crippen LogP contribution in [0.15, 0.2) is 48.7 Å². The number of ether oxygens (including phenoxy) is 2. The third kappa shape index (κ3) is 6.19. The molecular weight excluding hydrogens is 468 g/mol. The zero-order valence-electron chi connectivity index (χ0n) is 20.0. The highest BCUT2D eigenvalue weighted by Gasteiger charge is 2.16. The summed E-state index contributed by atoms with van der Waals surface area (Å²) in [5.74, 6) is 2.58. The minimum Gasteiger partial charge on any atom is -0.492 e. The summed E-state index contributed by atoms with van der Waals surface area (Å²) in [6.45, 7) is 8.03. The number of aromatic amines is 1. The number of benzene rings is 2. The van der Waals surface area contributed by atoms with Crippen molar-refractivity contribution in [2.24, 2.45) is 0 Å². The number of H-pyrrole nitrogens is 1. The summed E-state index contributed by atoms with van der Waals surface area (Å²) in [6, 6.07) is 12.6. The number of halogens is 1. The largest absolute Gasteiger partial charge is 0.492 e. The van der Waals surface area contributed by atoms with Crippen LogP contribution in [0.25, 0.3) is 22.3 Å². The van der Waals surface area contributed by atoms with E-state index < -0.39 is 0 Å². The monoisotopic (exact) mass is 494 g/mol. The summed E-state index contributed by atoms with van der Waals surface area (Å²) in [4.78, 5) is 21.6. The number of hydrogen-bond acceptors (Lipinski definition) is 7. The van der Waals surface area contributed by atoms with Crippen LogP contribution < -0.4 is 20.1 Å². The van der Waals surface area contributed by atoms with Crippen LogP contribution in [0, 0.1) is 0 Å². The van der Waals surface area contributed by atoms with Gasteiger partial charge in [0.05, 0.1) is 23.3 Å². The van der Waals surface area contributed by atoms with Gasteiger partial charge in [-0.05, 0) is 52.0 Å². The Bertz CT molecular complexity index is 1340. The van der Waals surface area contributed by atoms with Crippen LogP contribution in [-0.4, -0.2) is 44.8 Å². The molecule has 0 unspecified atom stereocenters.